The highest BCUT2D eigenvalue weighted by molar-refractivity contribution is 7.46. The Morgan fingerprint density at radius 2 is 2.00 bits per heavy atom. The summed E-state index contributed by atoms with van der Waals surface area (Å²) in [6.07, 6.45) is -6.79. The fourth-order valence-electron chi connectivity index (χ4n) is 2.60. The maximum atomic E-state index is 11.8. The zero-order chi connectivity index (χ0) is 19.2. The van der Waals surface area contributed by atoms with Crippen molar-refractivity contribution >= 4 is 24.9 Å². The number of nitrogen functional groups attached to an aromatic ring is 1. The highest BCUT2D eigenvalue weighted by Gasteiger charge is 2.45. The van der Waals surface area contributed by atoms with Crippen molar-refractivity contribution in [2.75, 3.05) is 12.3 Å². The number of rotatable bonds is 4. The van der Waals surface area contributed by atoms with Crippen LogP contribution in [0.25, 0.3) is 11.2 Å². The van der Waals surface area contributed by atoms with Crippen molar-refractivity contribution in [3.63, 3.8) is 0 Å². The molecule has 1 saturated heterocycles. The van der Waals surface area contributed by atoms with Gasteiger partial charge in [0.05, 0.1) is 12.9 Å². The second-order valence-corrected chi connectivity index (χ2v) is 6.84. The van der Waals surface area contributed by atoms with E-state index < -0.39 is 50.6 Å². The molecule has 2 aromatic rings. The van der Waals surface area contributed by atoms with E-state index in [1.165, 1.54) is 0 Å². The summed E-state index contributed by atoms with van der Waals surface area (Å²) >= 11 is 0. The predicted molar refractivity (Wildman–Crippen MR) is 82.5 cm³/mol. The maximum absolute atomic E-state index is 11.8. The largest absolute Gasteiger partial charge is 0.469 e. The fraction of sp³-hybridized carbons (Fsp3) is 0.545. The van der Waals surface area contributed by atoms with Crippen LogP contribution in [0.1, 0.15) is 6.23 Å². The van der Waals surface area contributed by atoms with Gasteiger partial charge in [-0.2, -0.15) is 4.98 Å². The number of aromatic amines is 1. The summed E-state index contributed by atoms with van der Waals surface area (Å²) < 4.78 is 21.6. The van der Waals surface area contributed by atoms with Crippen LogP contribution in [0.15, 0.2) is 11.1 Å². The number of phosphoric ester groups is 1. The first-order chi connectivity index (χ1) is 12.1. The fourth-order valence-corrected chi connectivity index (χ4v) is 2.94. The van der Waals surface area contributed by atoms with Crippen LogP contribution in [0.4, 0.5) is 5.95 Å². The normalized spacial score (nSPS) is 30.0. The van der Waals surface area contributed by atoms with Crippen molar-refractivity contribution in [1.82, 2.24) is 19.5 Å². The Morgan fingerprint density at radius 1 is 1.31 bits per heavy atom. The molecule has 0 amide bonds. The van der Waals surface area contributed by atoms with Gasteiger partial charge in [0, 0.05) is 0 Å². The van der Waals surface area contributed by atoms with Crippen LogP contribution in [0.3, 0.4) is 0 Å². The molecule has 0 aromatic carbocycles. The zero-order valence-electron chi connectivity index (χ0n) is 12.9. The second kappa shape index (κ2) is 6.68. The van der Waals surface area contributed by atoms with Gasteiger partial charge in [-0.05, 0) is 0 Å². The number of nitrogens with one attached hydrogen (secondary N) is 1. The Bertz CT molecular complexity index is 909. The van der Waals surface area contributed by atoms with Crippen LogP contribution < -0.4 is 11.3 Å². The number of aliphatic hydroxyl groups is 3. The Morgan fingerprint density at radius 3 is 2.65 bits per heavy atom. The number of hydrogen-bond acceptors (Lipinski definition) is 10. The highest BCUT2D eigenvalue weighted by atomic mass is 31.2. The Hall–Kier alpha value is -1.90. The number of phosphoric acid groups is 1. The van der Waals surface area contributed by atoms with Crippen LogP contribution in [-0.2, 0) is 13.8 Å². The Balaban J connectivity index is 1.96. The van der Waals surface area contributed by atoms with Gasteiger partial charge in [0.1, 0.15) is 24.4 Å². The standard InChI is InChI=1S/C11H16N5O9P/c12-11-14-8-4(9(20)15-11)13-2-16(8)10-7(19)6(18)5(17)3(25-10)1-24-26(21,22)23/h2-3,5-7,10,17-19H,1H2,(H2,21,22,23)(H3,12,14,15,20)/t3-,5-,6+,7-,10?/m1/s1. The number of aliphatic hydroxyl groups excluding tert-OH is 3. The van der Waals surface area contributed by atoms with Gasteiger partial charge in [-0.25, -0.2) is 9.55 Å². The van der Waals surface area contributed by atoms with Gasteiger partial charge in [0.2, 0.25) is 5.95 Å². The lowest BCUT2D eigenvalue weighted by Crippen LogP contribution is -2.56. The lowest BCUT2D eigenvalue weighted by Gasteiger charge is -2.40. The molecule has 0 saturated carbocycles. The van der Waals surface area contributed by atoms with E-state index >= 15 is 0 Å². The smallest absolute Gasteiger partial charge is 0.387 e. The molecule has 0 radical (unpaired) electrons. The molecule has 3 heterocycles. The van der Waals surface area contributed by atoms with Crippen molar-refractivity contribution in [3.05, 3.63) is 16.7 Å². The molecule has 1 fully saturated rings. The van der Waals surface area contributed by atoms with E-state index in [-0.39, 0.29) is 17.1 Å². The molecule has 2 aromatic heterocycles. The van der Waals surface area contributed by atoms with Crippen LogP contribution in [0.2, 0.25) is 0 Å². The van der Waals surface area contributed by atoms with Crippen LogP contribution in [0, 0.1) is 0 Å². The van der Waals surface area contributed by atoms with E-state index in [2.05, 4.69) is 19.5 Å². The lowest BCUT2D eigenvalue weighted by molar-refractivity contribution is -0.249. The number of H-pyrrole nitrogens is 1. The van der Waals surface area contributed by atoms with Crippen LogP contribution >= 0.6 is 7.82 Å². The number of ether oxygens (including phenoxy) is 1. The summed E-state index contributed by atoms with van der Waals surface area (Å²) in [5.74, 6) is -0.225. The van der Waals surface area contributed by atoms with Crippen molar-refractivity contribution in [1.29, 1.82) is 0 Å². The highest BCUT2D eigenvalue weighted by Crippen LogP contribution is 2.38. The minimum absolute atomic E-state index is 0.0615. The molecule has 0 aliphatic carbocycles. The molecule has 14 nitrogen and oxygen atoms in total. The average Bonchev–Trinajstić information content (AvgIpc) is 2.95. The van der Waals surface area contributed by atoms with Crippen LogP contribution in [0.5, 0.6) is 0 Å². The first-order valence-corrected chi connectivity index (χ1v) is 8.73. The van der Waals surface area contributed by atoms with E-state index in [1.54, 1.807) is 0 Å². The van der Waals surface area contributed by atoms with Gasteiger partial charge in [-0.3, -0.25) is 18.9 Å². The van der Waals surface area contributed by atoms with E-state index in [0.29, 0.717) is 0 Å². The summed E-state index contributed by atoms with van der Waals surface area (Å²) in [6, 6.07) is 0. The molecule has 3 rings (SSSR count). The number of aromatic nitrogens is 4. The zero-order valence-corrected chi connectivity index (χ0v) is 13.8. The monoisotopic (exact) mass is 393 g/mol. The summed E-state index contributed by atoms with van der Waals surface area (Å²) in [6.45, 7) is -0.769. The molecule has 5 atom stereocenters. The van der Waals surface area contributed by atoms with E-state index in [4.69, 9.17) is 20.3 Å². The molecule has 8 N–H and O–H groups in total. The third-order valence-electron chi connectivity index (χ3n) is 3.82. The van der Waals surface area contributed by atoms with Gasteiger partial charge in [-0.15, -0.1) is 0 Å². The number of imidazole rings is 1. The minimum Gasteiger partial charge on any atom is -0.387 e. The topological polar surface area (TPSA) is 226 Å². The minimum atomic E-state index is -4.85. The molecular weight excluding hydrogens is 377 g/mol. The summed E-state index contributed by atoms with van der Waals surface area (Å²) in [5.41, 5.74) is 4.67. The summed E-state index contributed by atoms with van der Waals surface area (Å²) in [7, 11) is -4.85. The second-order valence-electron chi connectivity index (χ2n) is 5.60. The number of fused-ring (bicyclic) bond motifs is 1. The Kier molecular flexibility index (Phi) is 4.85. The van der Waals surface area contributed by atoms with Gasteiger partial charge in [0.15, 0.2) is 17.4 Å². The van der Waals surface area contributed by atoms with Crippen molar-refractivity contribution in [3.8, 4) is 0 Å². The number of nitrogens with two attached hydrogens (primary N) is 1. The molecular formula is C11H16N5O9P. The lowest BCUT2D eigenvalue weighted by atomic mass is 9.98. The van der Waals surface area contributed by atoms with Gasteiger partial charge in [0.25, 0.3) is 5.56 Å². The number of anilines is 1. The van der Waals surface area contributed by atoms with Crippen LogP contribution in [-0.4, -0.2) is 75.6 Å². The molecule has 15 heteroatoms. The average molecular weight is 393 g/mol. The molecule has 0 spiro atoms. The van der Waals surface area contributed by atoms with Crippen molar-refractivity contribution in [2.24, 2.45) is 0 Å². The SMILES string of the molecule is Nc1nc2c(ncn2C2O[C@H](COP(=O)(O)O)[C@@H](O)[C@H](O)[C@H]2O)c(=O)[nH]1. The first-order valence-electron chi connectivity index (χ1n) is 7.20. The quantitative estimate of drug-likeness (QED) is 0.255. The van der Waals surface area contributed by atoms with Gasteiger partial charge >= 0.3 is 7.82 Å². The summed E-state index contributed by atoms with van der Waals surface area (Å²) in [4.78, 5) is 39.3. The third kappa shape index (κ3) is 3.49. The van der Waals surface area contributed by atoms with E-state index in [9.17, 15) is 24.7 Å². The van der Waals surface area contributed by atoms with Gasteiger partial charge < -0.3 is 35.6 Å². The predicted octanol–water partition coefficient (Wildman–Crippen LogP) is -3.21. The van der Waals surface area contributed by atoms with E-state index in [1.807, 2.05) is 0 Å². The summed E-state index contributed by atoms with van der Waals surface area (Å²) in [5, 5.41) is 30.2. The van der Waals surface area contributed by atoms with Crippen molar-refractivity contribution in [2.45, 2.75) is 30.6 Å². The molecule has 26 heavy (non-hydrogen) atoms. The van der Waals surface area contributed by atoms with Gasteiger partial charge in [-0.1, -0.05) is 0 Å². The third-order valence-corrected chi connectivity index (χ3v) is 4.30. The molecule has 0 bridgehead atoms. The molecule has 144 valence electrons. The first kappa shape index (κ1) is 18.9. The maximum Gasteiger partial charge on any atom is 0.469 e. The molecule has 1 aliphatic rings. The number of nitrogens with zero attached hydrogens (tertiary/aromatic N) is 3. The number of hydrogen-bond donors (Lipinski definition) is 7. The van der Waals surface area contributed by atoms with E-state index in [0.717, 1.165) is 10.9 Å². The van der Waals surface area contributed by atoms with Crippen molar-refractivity contribution < 1.29 is 38.9 Å². The Labute approximate surface area is 144 Å². The molecule has 1 aliphatic heterocycles. The molecule has 1 unspecified atom stereocenters.